The van der Waals surface area contributed by atoms with E-state index in [1.807, 2.05) is 56.3 Å². The van der Waals surface area contributed by atoms with Gasteiger partial charge < -0.3 is 19.7 Å². The van der Waals surface area contributed by atoms with Gasteiger partial charge in [-0.3, -0.25) is 13.9 Å². The van der Waals surface area contributed by atoms with Gasteiger partial charge in [-0.1, -0.05) is 73.5 Å². The topological polar surface area (TPSA) is 105 Å². The summed E-state index contributed by atoms with van der Waals surface area (Å²) in [5.74, 6) is 0.269. The Morgan fingerprint density at radius 1 is 0.809 bits per heavy atom. The first-order valence-electron chi connectivity index (χ1n) is 15.6. The van der Waals surface area contributed by atoms with Gasteiger partial charge in [0.05, 0.1) is 24.8 Å². The molecule has 9 nitrogen and oxygen atoms in total. The number of benzene rings is 4. The highest BCUT2D eigenvalue weighted by molar-refractivity contribution is 7.92. The van der Waals surface area contributed by atoms with Crippen molar-refractivity contribution in [3.05, 3.63) is 120 Å². The Morgan fingerprint density at radius 2 is 1.47 bits per heavy atom. The monoisotopic (exact) mass is 657 g/mol. The summed E-state index contributed by atoms with van der Waals surface area (Å²) in [5, 5.41) is 3.00. The quantitative estimate of drug-likeness (QED) is 0.154. The average Bonchev–Trinajstić information content (AvgIpc) is 3.09. The molecule has 0 aliphatic rings. The zero-order valence-electron chi connectivity index (χ0n) is 27.4. The van der Waals surface area contributed by atoms with Crippen LogP contribution in [0.25, 0.3) is 0 Å². The van der Waals surface area contributed by atoms with E-state index in [1.54, 1.807) is 55.6 Å². The molecule has 0 saturated carbocycles. The van der Waals surface area contributed by atoms with E-state index < -0.39 is 28.5 Å². The highest BCUT2D eigenvalue weighted by Gasteiger charge is 2.34. The lowest BCUT2D eigenvalue weighted by molar-refractivity contribution is -0.140. The van der Waals surface area contributed by atoms with Gasteiger partial charge >= 0.3 is 0 Å². The highest BCUT2D eigenvalue weighted by atomic mass is 32.2. The summed E-state index contributed by atoms with van der Waals surface area (Å²) < 4.78 is 40.2. The van der Waals surface area contributed by atoms with Crippen LogP contribution in [-0.2, 0) is 32.6 Å². The second-order valence-electron chi connectivity index (χ2n) is 11.2. The van der Waals surface area contributed by atoms with Crippen LogP contribution in [0.3, 0.4) is 0 Å². The number of hydrogen-bond donors (Lipinski definition) is 1. The zero-order chi connectivity index (χ0) is 33.8. The van der Waals surface area contributed by atoms with Crippen molar-refractivity contribution in [1.29, 1.82) is 0 Å². The summed E-state index contributed by atoms with van der Waals surface area (Å²) in [6.07, 6.45) is 1.92. The molecule has 0 aliphatic heterocycles. The number of unbranched alkanes of at least 4 members (excludes halogenated alkanes) is 1. The number of methoxy groups -OCH3 is 2. The number of ether oxygens (including phenoxy) is 2. The minimum Gasteiger partial charge on any atom is -0.497 e. The lowest BCUT2D eigenvalue weighted by atomic mass is 10.0. The summed E-state index contributed by atoms with van der Waals surface area (Å²) in [4.78, 5) is 29.9. The van der Waals surface area contributed by atoms with Crippen LogP contribution < -0.4 is 19.1 Å². The van der Waals surface area contributed by atoms with Crippen molar-refractivity contribution < 1.29 is 27.5 Å². The maximum atomic E-state index is 14.6. The molecule has 0 radical (unpaired) electrons. The second kappa shape index (κ2) is 16.6. The fourth-order valence-electron chi connectivity index (χ4n) is 5.14. The maximum Gasteiger partial charge on any atom is 0.264 e. The number of anilines is 1. The normalized spacial score (nSPS) is 11.7. The minimum atomic E-state index is -4.22. The fourth-order valence-corrected chi connectivity index (χ4v) is 6.56. The number of carbonyl (C=O) groups is 2. The molecule has 0 bridgehead atoms. The van der Waals surface area contributed by atoms with Crippen LogP contribution in [0.4, 0.5) is 5.69 Å². The average molecular weight is 658 g/mol. The van der Waals surface area contributed by atoms with Gasteiger partial charge in [0.1, 0.15) is 24.1 Å². The first kappa shape index (κ1) is 35.0. The molecule has 248 valence electrons. The smallest absolute Gasteiger partial charge is 0.264 e. The van der Waals surface area contributed by atoms with Crippen molar-refractivity contribution in [3.8, 4) is 11.5 Å². The van der Waals surface area contributed by atoms with E-state index in [0.29, 0.717) is 23.7 Å². The van der Waals surface area contributed by atoms with Gasteiger partial charge in [0.15, 0.2) is 0 Å². The molecule has 0 aliphatic carbocycles. The second-order valence-corrected chi connectivity index (χ2v) is 13.1. The van der Waals surface area contributed by atoms with Gasteiger partial charge in [0, 0.05) is 19.5 Å². The van der Waals surface area contributed by atoms with Gasteiger partial charge in [-0.15, -0.1) is 0 Å². The van der Waals surface area contributed by atoms with Crippen molar-refractivity contribution in [2.24, 2.45) is 0 Å². The zero-order valence-corrected chi connectivity index (χ0v) is 28.2. The Morgan fingerprint density at radius 3 is 2.11 bits per heavy atom. The summed E-state index contributed by atoms with van der Waals surface area (Å²) in [5.41, 5.74) is 2.87. The van der Waals surface area contributed by atoms with Gasteiger partial charge in [0.25, 0.3) is 10.0 Å². The molecule has 10 heteroatoms. The molecule has 0 heterocycles. The SMILES string of the molecule is CCCCNC(=O)[C@H](Cc1ccccc1)N(Cc1cccc(OC)c1)C(=O)CN(c1ccc(C)cc1)S(=O)(=O)c1ccc(OC)cc1. The number of carbonyl (C=O) groups excluding carboxylic acids is 2. The van der Waals surface area contributed by atoms with E-state index in [0.717, 1.165) is 33.8 Å². The predicted molar refractivity (Wildman–Crippen MR) is 184 cm³/mol. The molecule has 0 spiro atoms. The molecule has 0 saturated heterocycles. The standard InChI is InChI=1S/C37H43N3O6S/c1-5-6-23-38-37(42)35(25-29-11-8-7-9-12-29)39(26-30-13-10-14-33(24-30)46-4)36(41)27-40(31-17-15-28(2)16-18-31)47(43,44)34-21-19-32(45-3)20-22-34/h7-22,24,35H,5-6,23,25-27H2,1-4H3,(H,38,42)/t35-/m0/s1. The molecule has 0 fully saturated rings. The van der Waals surface area contributed by atoms with Gasteiger partial charge in [-0.2, -0.15) is 0 Å². The maximum absolute atomic E-state index is 14.6. The Kier molecular flexibility index (Phi) is 12.4. The third kappa shape index (κ3) is 9.36. The van der Waals surface area contributed by atoms with Crippen LogP contribution in [0.2, 0.25) is 0 Å². The number of amides is 2. The van der Waals surface area contributed by atoms with Crippen LogP contribution >= 0.6 is 0 Å². The number of hydrogen-bond acceptors (Lipinski definition) is 6. The van der Waals surface area contributed by atoms with Crippen molar-refractivity contribution in [2.75, 3.05) is 31.6 Å². The van der Waals surface area contributed by atoms with E-state index in [4.69, 9.17) is 9.47 Å². The molecule has 47 heavy (non-hydrogen) atoms. The molecule has 4 rings (SSSR count). The number of nitrogens with one attached hydrogen (secondary N) is 1. The van der Waals surface area contributed by atoms with Crippen LogP contribution in [-0.4, -0.2) is 58.5 Å². The van der Waals surface area contributed by atoms with Crippen molar-refractivity contribution in [2.45, 2.75) is 50.6 Å². The fraction of sp³-hybridized carbons (Fsp3) is 0.297. The summed E-state index contributed by atoms with van der Waals surface area (Å²) in [6.45, 7) is 3.92. The molecule has 0 aromatic heterocycles. The third-order valence-corrected chi connectivity index (χ3v) is 9.62. The highest BCUT2D eigenvalue weighted by Crippen LogP contribution is 2.27. The Bertz CT molecular complexity index is 1710. The Balaban J connectivity index is 1.79. The van der Waals surface area contributed by atoms with E-state index in [1.165, 1.54) is 24.1 Å². The molecular formula is C37H43N3O6S. The molecule has 2 amide bonds. The molecule has 1 atom stereocenters. The number of aryl methyl sites for hydroxylation is 1. The van der Waals surface area contributed by atoms with E-state index in [9.17, 15) is 18.0 Å². The number of nitrogens with zero attached hydrogens (tertiary/aromatic N) is 2. The van der Waals surface area contributed by atoms with Gasteiger partial charge in [0.2, 0.25) is 11.8 Å². The van der Waals surface area contributed by atoms with Crippen molar-refractivity contribution in [1.82, 2.24) is 10.2 Å². The number of sulfonamides is 1. The van der Waals surface area contributed by atoms with Crippen LogP contribution in [0, 0.1) is 6.92 Å². The van der Waals surface area contributed by atoms with Crippen molar-refractivity contribution in [3.63, 3.8) is 0 Å². The first-order chi connectivity index (χ1) is 22.7. The lowest BCUT2D eigenvalue weighted by Gasteiger charge is -2.34. The Hall–Kier alpha value is -4.83. The minimum absolute atomic E-state index is 0.00386. The van der Waals surface area contributed by atoms with E-state index in [-0.39, 0.29) is 23.8 Å². The number of rotatable bonds is 16. The van der Waals surface area contributed by atoms with Crippen LogP contribution in [0.5, 0.6) is 11.5 Å². The molecule has 4 aromatic rings. The molecule has 0 unspecified atom stereocenters. The largest absolute Gasteiger partial charge is 0.497 e. The molecule has 4 aromatic carbocycles. The lowest BCUT2D eigenvalue weighted by Crippen LogP contribution is -2.53. The van der Waals surface area contributed by atoms with Gasteiger partial charge in [-0.25, -0.2) is 8.42 Å². The summed E-state index contributed by atoms with van der Waals surface area (Å²) in [7, 11) is -1.15. The van der Waals surface area contributed by atoms with E-state index in [2.05, 4.69) is 5.32 Å². The molecular weight excluding hydrogens is 614 g/mol. The van der Waals surface area contributed by atoms with Gasteiger partial charge in [-0.05, 0) is 73.0 Å². The van der Waals surface area contributed by atoms with Crippen LogP contribution in [0.1, 0.15) is 36.5 Å². The summed E-state index contributed by atoms with van der Waals surface area (Å²) in [6, 6.07) is 28.8. The van der Waals surface area contributed by atoms with Crippen molar-refractivity contribution >= 4 is 27.5 Å². The Labute approximate surface area is 278 Å². The van der Waals surface area contributed by atoms with Crippen LogP contribution in [0.15, 0.2) is 108 Å². The first-order valence-corrected chi connectivity index (χ1v) is 17.1. The third-order valence-electron chi connectivity index (χ3n) is 7.84. The van der Waals surface area contributed by atoms with E-state index >= 15 is 0 Å². The molecule has 1 N–H and O–H groups in total. The summed E-state index contributed by atoms with van der Waals surface area (Å²) >= 11 is 0. The predicted octanol–water partition coefficient (Wildman–Crippen LogP) is 5.76.